The molecule has 0 amide bonds. The molecule has 3 atom stereocenters. The number of hydrogen-bond acceptors (Lipinski definition) is 7. The highest BCUT2D eigenvalue weighted by atomic mass is 32.1. The maximum absolute atomic E-state index is 9.75. The second-order valence-corrected chi connectivity index (χ2v) is 10.4. The molecule has 0 unspecified atom stereocenters. The summed E-state index contributed by atoms with van der Waals surface area (Å²) in [4.78, 5) is 14.6. The van der Waals surface area contributed by atoms with E-state index in [-0.39, 0.29) is 12.6 Å². The molecule has 1 aliphatic carbocycles. The van der Waals surface area contributed by atoms with E-state index in [0.29, 0.717) is 24.3 Å². The Kier molecular flexibility index (Phi) is 6.48. The van der Waals surface area contributed by atoms with Gasteiger partial charge in [0.1, 0.15) is 10.8 Å². The molecule has 0 bridgehead atoms. The highest BCUT2D eigenvalue weighted by molar-refractivity contribution is 7.21. The van der Waals surface area contributed by atoms with Crippen LogP contribution in [-0.4, -0.2) is 32.7 Å². The molecule has 34 heavy (non-hydrogen) atoms. The molecule has 5 rings (SSSR count). The van der Waals surface area contributed by atoms with Crippen molar-refractivity contribution in [2.24, 2.45) is 11.8 Å². The van der Waals surface area contributed by atoms with E-state index >= 15 is 0 Å². The summed E-state index contributed by atoms with van der Waals surface area (Å²) in [5.74, 6) is 2.23. The average Bonchev–Trinajstić information content (AvgIpc) is 3.40. The number of thiazole rings is 1. The maximum atomic E-state index is 9.75. The Bertz CT molecular complexity index is 1270. The molecular weight excluding hydrogens is 442 g/mol. The normalized spacial score (nSPS) is 20.1. The first-order valence-electron chi connectivity index (χ1n) is 11.9. The smallest absolute Gasteiger partial charge is 0.225 e. The van der Waals surface area contributed by atoms with Gasteiger partial charge in [0.2, 0.25) is 5.95 Å². The monoisotopic (exact) mass is 473 g/mol. The van der Waals surface area contributed by atoms with Crippen molar-refractivity contribution < 1.29 is 5.11 Å². The summed E-state index contributed by atoms with van der Waals surface area (Å²) < 4.78 is 1.15. The zero-order chi connectivity index (χ0) is 23.7. The number of anilines is 2. The molecule has 2 aromatic heterocycles. The molecular formula is C27H31N5OS. The Balaban J connectivity index is 1.50. The van der Waals surface area contributed by atoms with Crippen molar-refractivity contribution in [3.63, 3.8) is 0 Å². The number of hydrogen-bond donors (Lipinski definition) is 3. The summed E-state index contributed by atoms with van der Waals surface area (Å²) in [5.41, 5.74) is 5.32. The maximum Gasteiger partial charge on any atom is 0.225 e. The molecule has 7 heteroatoms. The van der Waals surface area contributed by atoms with Crippen molar-refractivity contribution in [3.05, 3.63) is 65.4 Å². The first-order valence-corrected chi connectivity index (χ1v) is 12.7. The zero-order valence-corrected chi connectivity index (χ0v) is 20.7. The van der Waals surface area contributed by atoms with Gasteiger partial charge in [0.25, 0.3) is 0 Å². The van der Waals surface area contributed by atoms with Gasteiger partial charge in [-0.15, -0.1) is 11.3 Å². The van der Waals surface area contributed by atoms with Gasteiger partial charge in [-0.1, -0.05) is 43.3 Å². The van der Waals surface area contributed by atoms with Crippen LogP contribution in [0.4, 0.5) is 11.8 Å². The summed E-state index contributed by atoms with van der Waals surface area (Å²) in [6.07, 6.45) is 1.95. The van der Waals surface area contributed by atoms with Crippen molar-refractivity contribution in [3.8, 4) is 10.6 Å². The van der Waals surface area contributed by atoms with E-state index in [1.165, 1.54) is 11.1 Å². The number of rotatable bonds is 7. The summed E-state index contributed by atoms with van der Waals surface area (Å²) in [7, 11) is 0. The predicted molar refractivity (Wildman–Crippen MR) is 140 cm³/mol. The van der Waals surface area contributed by atoms with E-state index in [4.69, 9.17) is 15.0 Å². The fourth-order valence-corrected chi connectivity index (χ4v) is 5.94. The van der Waals surface area contributed by atoms with Crippen LogP contribution in [0.1, 0.15) is 36.6 Å². The minimum atomic E-state index is 0.232. The van der Waals surface area contributed by atoms with E-state index in [1.807, 2.05) is 25.1 Å². The minimum Gasteiger partial charge on any atom is -0.396 e. The fraction of sp³-hybridized carbons (Fsp3) is 0.370. The third kappa shape index (κ3) is 4.63. The van der Waals surface area contributed by atoms with Gasteiger partial charge >= 0.3 is 0 Å². The van der Waals surface area contributed by atoms with Gasteiger partial charge in [0, 0.05) is 19.2 Å². The Hall–Kier alpha value is -3.03. The van der Waals surface area contributed by atoms with Crippen LogP contribution in [-0.2, 0) is 6.54 Å². The second kappa shape index (κ2) is 9.68. The lowest BCUT2D eigenvalue weighted by molar-refractivity contribution is 0.201. The zero-order valence-electron chi connectivity index (χ0n) is 19.9. The second-order valence-electron chi connectivity index (χ2n) is 9.36. The quantitative estimate of drug-likeness (QED) is 0.315. The van der Waals surface area contributed by atoms with Gasteiger partial charge < -0.3 is 15.7 Å². The van der Waals surface area contributed by atoms with Gasteiger partial charge in [-0.25, -0.2) is 9.97 Å². The largest absolute Gasteiger partial charge is 0.396 e. The molecule has 0 spiro atoms. The van der Waals surface area contributed by atoms with Crippen molar-refractivity contribution in [2.45, 2.75) is 46.2 Å². The first kappa shape index (κ1) is 22.7. The van der Waals surface area contributed by atoms with Crippen molar-refractivity contribution in [1.29, 1.82) is 0 Å². The van der Waals surface area contributed by atoms with Crippen LogP contribution >= 0.6 is 11.3 Å². The number of benzene rings is 2. The Morgan fingerprint density at radius 2 is 1.79 bits per heavy atom. The topological polar surface area (TPSA) is 83.0 Å². The van der Waals surface area contributed by atoms with Crippen LogP contribution in [0.5, 0.6) is 0 Å². The number of aliphatic hydroxyl groups excluding tert-OH is 1. The number of fused-ring (bicyclic) bond motifs is 1. The molecule has 2 heterocycles. The third-order valence-electron chi connectivity index (χ3n) is 6.92. The van der Waals surface area contributed by atoms with Crippen molar-refractivity contribution in [1.82, 2.24) is 15.0 Å². The van der Waals surface area contributed by atoms with E-state index in [0.717, 1.165) is 45.1 Å². The van der Waals surface area contributed by atoms with E-state index in [1.54, 1.807) is 11.3 Å². The number of para-hydroxylation sites is 1. The van der Waals surface area contributed by atoms with Gasteiger partial charge in [0.05, 0.1) is 21.5 Å². The van der Waals surface area contributed by atoms with Gasteiger partial charge in [-0.05, 0) is 61.8 Å². The molecule has 3 N–H and O–H groups in total. The highest BCUT2D eigenvalue weighted by Crippen LogP contribution is 2.39. The lowest BCUT2D eigenvalue weighted by atomic mass is 10.00. The Labute approximate surface area is 204 Å². The predicted octanol–water partition coefficient (Wildman–Crippen LogP) is 5.80. The average molecular weight is 474 g/mol. The number of aliphatic hydroxyl groups is 1. The van der Waals surface area contributed by atoms with Crippen molar-refractivity contribution >= 4 is 33.3 Å². The Morgan fingerprint density at radius 3 is 2.56 bits per heavy atom. The van der Waals surface area contributed by atoms with E-state index < -0.39 is 0 Å². The summed E-state index contributed by atoms with van der Waals surface area (Å²) in [6, 6.07) is 16.8. The van der Waals surface area contributed by atoms with Crippen LogP contribution in [0.25, 0.3) is 20.8 Å². The minimum absolute atomic E-state index is 0.232. The van der Waals surface area contributed by atoms with Gasteiger partial charge in [-0.3, -0.25) is 0 Å². The van der Waals surface area contributed by atoms with Crippen LogP contribution in [0.3, 0.4) is 0 Å². The molecule has 6 nitrogen and oxygen atoms in total. The Morgan fingerprint density at radius 1 is 1.00 bits per heavy atom. The molecule has 2 aromatic carbocycles. The van der Waals surface area contributed by atoms with Gasteiger partial charge in [0.15, 0.2) is 0 Å². The van der Waals surface area contributed by atoms with E-state index in [2.05, 4.69) is 54.8 Å². The van der Waals surface area contributed by atoms with E-state index in [9.17, 15) is 5.11 Å². The first-order chi connectivity index (χ1) is 16.5. The molecule has 1 aliphatic rings. The lowest BCUT2D eigenvalue weighted by Gasteiger charge is -2.18. The number of nitrogens with one attached hydrogen (secondary N) is 2. The molecule has 176 valence electrons. The molecule has 1 saturated carbocycles. The van der Waals surface area contributed by atoms with Crippen LogP contribution in [0.15, 0.2) is 48.5 Å². The van der Waals surface area contributed by atoms with Crippen LogP contribution < -0.4 is 10.6 Å². The fourth-order valence-electron chi connectivity index (χ4n) is 4.88. The molecule has 0 radical (unpaired) electrons. The van der Waals surface area contributed by atoms with Crippen molar-refractivity contribution in [2.75, 3.05) is 17.2 Å². The van der Waals surface area contributed by atoms with Crippen LogP contribution in [0.2, 0.25) is 0 Å². The van der Waals surface area contributed by atoms with Gasteiger partial charge in [-0.2, -0.15) is 4.98 Å². The summed E-state index contributed by atoms with van der Waals surface area (Å²) >= 11 is 1.67. The summed E-state index contributed by atoms with van der Waals surface area (Å²) in [5, 5.41) is 17.8. The number of aromatic nitrogens is 3. The molecule has 4 aromatic rings. The van der Waals surface area contributed by atoms with Crippen LogP contribution in [0, 0.1) is 25.7 Å². The molecule has 0 saturated heterocycles. The third-order valence-corrected chi connectivity index (χ3v) is 7.97. The number of nitrogens with zero attached hydrogens (tertiary/aromatic N) is 3. The highest BCUT2D eigenvalue weighted by Gasteiger charge is 2.32. The molecule has 1 fully saturated rings. The lowest BCUT2D eigenvalue weighted by Crippen LogP contribution is -2.19. The number of aryl methyl sites for hydroxylation is 2. The standard InChI is InChI=1S/C27H31N5OS/c1-16-8-4-5-9-19(16)14-28-27-29-18(3)24(26-31-22-10-6-7-11-23(22)34-26)25(32-27)30-21-12-17(2)20(13-21)15-33/h4-11,17,20-21,33H,12-15H2,1-3H3,(H2,28,29,30,32)/t17-,20+,21-/m0/s1. The SMILES string of the molecule is Cc1ccccc1CNc1nc(C)c(-c2nc3ccccc3s2)c(N[C@@H]2C[C@H](CO)[C@@H](C)C2)n1. The summed E-state index contributed by atoms with van der Waals surface area (Å²) in [6.45, 7) is 7.26. The molecule has 0 aliphatic heterocycles.